The van der Waals surface area contributed by atoms with E-state index >= 15 is 0 Å². The van der Waals surface area contributed by atoms with Crippen molar-refractivity contribution in [1.29, 1.82) is 0 Å². The van der Waals surface area contributed by atoms with E-state index in [4.69, 9.17) is 16.3 Å². The van der Waals surface area contributed by atoms with Crippen molar-refractivity contribution in [3.8, 4) is 5.75 Å². The molecule has 3 aromatic rings. The molecular weight excluding hydrogens is 314 g/mol. The third-order valence-electron chi connectivity index (χ3n) is 3.73. The molecule has 0 aliphatic rings. The summed E-state index contributed by atoms with van der Waals surface area (Å²) in [6, 6.07) is 12.7. The molecule has 0 saturated carbocycles. The van der Waals surface area contributed by atoms with Gasteiger partial charge in [-0.15, -0.1) is 0 Å². The first-order valence-electron chi connectivity index (χ1n) is 7.22. The number of benzene rings is 2. The summed E-state index contributed by atoms with van der Waals surface area (Å²) in [4.78, 5) is 12.4. The summed E-state index contributed by atoms with van der Waals surface area (Å²) in [6.07, 6.45) is 1.66. The van der Waals surface area contributed by atoms with Gasteiger partial charge in [0.2, 0.25) is 0 Å². The summed E-state index contributed by atoms with van der Waals surface area (Å²) >= 11 is 5.97. The number of aryl methyl sites for hydroxylation is 1. The molecular formula is C18H16ClNO3. The second-order valence-electron chi connectivity index (χ2n) is 5.29. The number of carbonyl (C=O) groups is 1. The Hall–Kier alpha value is -2.30. The lowest BCUT2D eigenvalue weighted by Gasteiger charge is -2.08. The Morgan fingerprint density at radius 2 is 2.04 bits per heavy atom. The fraction of sp³-hybridized carbons (Fsp3) is 0.167. The van der Waals surface area contributed by atoms with Gasteiger partial charge in [0.15, 0.2) is 6.61 Å². The number of carbonyl (C=O) groups excluding carboxylic acids is 1. The zero-order valence-electron chi connectivity index (χ0n) is 12.6. The lowest BCUT2D eigenvalue weighted by Crippen LogP contribution is -2.18. The number of aliphatic hydroxyl groups is 1. The number of fused-ring (bicyclic) bond motifs is 1. The van der Waals surface area contributed by atoms with Crippen LogP contribution in [0.1, 0.15) is 15.9 Å². The average Bonchev–Trinajstić information content (AvgIpc) is 2.94. The lowest BCUT2D eigenvalue weighted by molar-refractivity contribution is 0.0843. The van der Waals surface area contributed by atoms with Gasteiger partial charge in [-0.3, -0.25) is 9.36 Å². The summed E-state index contributed by atoms with van der Waals surface area (Å²) in [7, 11) is 0. The molecule has 1 N–H and O–H groups in total. The van der Waals surface area contributed by atoms with Gasteiger partial charge in [0.1, 0.15) is 5.75 Å². The number of hydrogen-bond acceptors (Lipinski definition) is 3. The van der Waals surface area contributed by atoms with Crippen molar-refractivity contribution in [1.82, 2.24) is 4.57 Å². The summed E-state index contributed by atoms with van der Waals surface area (Å²) in [5.41, 5.74) is 2.37. The molecule has 3 rings (SSSR count). The summed E-state index contributed by atoms with van der Waals surface area (Å²) in [6.45, 7) is 1.67. The molecule has 0 aliphatic heterocycles. The van der Waals surface area contributed by atoms with Gasteiger partial charge in [-0.25, -0.2) is 0 Å². The molecule has 0 spiro atoms. The van der Waals surface area contributed by atoms with Crippen molar-refractivity contribution < 1.29 is 14.6 Å². The van der Waals surface area contributed by atoms with Crippen LogP contribution in [0.4, 0.5) is 0 Å². The Morgan fingerprint density at radius 1 is 1.26 bits per heavy atom. The molecule has 23 heavy (non-hydrogen) atoms. The highest BCUT2D eigenvalue weighted by Crippen LogP contribution is 2.23. The summed E-state index contributed by atoms with van der Waals surface area (Å²) in [5, 5.41) is 11.0. The number of para-hydroxylation sites is 1. The van der Waals surface area contributed by atoms with Crippen LogP contribution in [0, 0.1) is 6.92 Å². The van der Waals surface area contributed by atoms with Crippen molar-refractivity contribution in [2.24, 2.45) is 0 Å². The fourth-order valence-corrected chi connectivity index (χ4v) is 2.62. The lowest BCUT2D eigenvalue weighted by atomic mass is 10.2. The first-order chi connectivity index (χ1) is 11.1. The highest BCUT2D eigenvalue weighted by atomic mass is 35.5. The normalized spacial score (nSPS) is 10.9. The third kappa shape index (κ3) is 3.09. The maximum absolute atomic E-state index is 12.4. The molecule has 1 heterocycles. The quantitative estimate of drug-likeness (QED) is 0.791. The Kier molecular flexibility index (Phi) is 4.37. The van der Waals surface area contributed by atoms with Crippen molar-refractivity contribution in [3.63, 3.8) is 0 Å². The fourth-order valence-electron chi connectivity index (χ4n) is 2.50. The van der Waals surface area contributed by atoms with Crippen LogP contribution in [-0.4, -0.2) is 22.2 Å². The van der Waals surface area contributed by atoms with E-state index in [9.17, 15) is 9.90 Å². The molecule has 0 bridgehead atoms. The molecule has 0 fully saturated rings. The van der Waals surface area contributed by atoms with E-state index in [-0.39, 0.29) is 19.1 Å². The van der Waals surface area contributed by atoms with E-state index in [0.717, 1.165) is 22.0 Å². The van der Waals surface area contributed by atoms with E-state index in [1.54, 1.807) is 24.4 Å². The van der Waals surface area contributed by atoms with Crippen molar-refractivity contribution in [3.05, 3.63) is 64.8 Å². The van der Waals surface area contributed by atoms with Gasteiger partial charge in [0, 0.05) is 22.2 Å². The Labute approximate surface area is 138 Å². The monoisotopic (exact) mass is 329 g/mol. The van der Waals surface area contributed by atoms with E-state index in [1.807, 2.05) is 31.2 Å². The Bertz CT molecular complexity index is 870. The predicted molar refractivity (Wildman–Crippen MR) is 90.2 cm³/mol. The molecule has 0 atom stereocenters. The molecule has 0 aliphatic carbocycles. The zero-order chi connectivity index (χ0) is 16.4. The minimum absolute atomic E-state index is 0.0926. The predicted octanol–water partition coefficient (Wildman–Crippen LogP) is 3.81. The van der Waals surface area contributed by atoms with Crippen LogP contribution >= 0.6 is 11.6 Å². The molecule has 4 nitrogen and oxygen atoms in total. The van der Waals surface area contributed by atoms with Crippen molar-refractivity contribution >= 4 is 28.4 Å². The number of rotatable bonds is 4. The van der Waals surface area contributed by atoms with Crippen molar-refractivity contribution in [2.75, 3.05) is 6.61 Å². The SMILES string of the molecule is Cc1cc(OCC(=O)n2cc(CO)c3ccccc32)ccc1Cl. The largest absolute Gasteiger partial charge is 0.484 e. The Morgan fingerprint density at radius 3 is 2.78 bits per heavy atom. The number of nitrogens with zero attached hydrogens (tertiary/aromatic N) is 1. The molecule has 0 saturated heterocycles. The number of ether oxygens (including phenoxy) is 1. The second-order valence-corrected chi connectivity index (χ2v) is 5.70. The topological polar surface area (TPSA) is 51.5 Å². The van der Waals surface area contributed by atoms with Gasteiger partial charge < -0.3 is 9.84 Å². The highest BCUT2D eigenvalue weighted by Gasteiger charge is 2.13. The van der Waals surface area contributed by atoms with Gasteiger partial charge in [-0.1, -0.05) is 29.8 Å². The van der Waals surface area contributed by atoms with E-state index in [1.165, 1.54) is 4.57 Å². The van der Waals surface area contributed by atoms with Crippen LogP contribution in [0.3, 0.4) is 0 Å². The van der Waals surface area contributed by atoms with E-state index in [2.05, 4.69) is 0 Å². The molecule has 0 amide bonds. The van der Waals surface area contributed by atoms with Crippen LogP contribution in [0.15, 0.2) is 48.7 Å². The zero-order valence-corrected chi connectivity index (χ0v) is 13.4. The van der Waals surface area contributed by atoms with Gasteiger partial charge >= 0.3 is 0 Å². The standard InChI is InChI=1S/C18H16ClNO3/c1-12-8-14(6-7-16(12)19)23-11-18(22)20-9-13(10-21)15-4-2-3-5-17(15)20/h2-9,21H,10-11H2,1H3. The number of halogens is 1. The van der Waals surface area contributed by atoms with Crippen LogP contribution in [0.2, 0.25) is 5.02 Å². The van der Waals surface area contributed by atoms with Gasteiger partial charge in [-0.2, -0.15) is 0 Å². The molecule has 5 heteroatoms. The van der Waals surface area contributed by atoms with Crippen LogP contribution in [0.5, 0.6) is 5.75 Å². The number of aromatic nitrogens is 1. The molecule has 118 valence electrons. The second kappa shape index (κ2) is 6.44. The van der Waals surface area contributed by atoms with E-state index < -0.39 is 0 Å². The summed E-state index contributed by atoms with van der Waals surface area (Å²) < 4.78 is 7.08. The van der Waals surface area contributed by atoms with Crippen LogP contribution in [0.25, 0.3) is 10.9 Å². The Balaban J connectivity index is 1.82. The third-order valence-corrected chi connectivity index (χ3v) is 4.15. The smallest absolute Gasteiger partial charge is 0.268 e. The maximum atomic E-state index is 12.4. The number of aliphatic hydroxyl groups excluding tert-OH is 1. The van der Waals surface area contributed by atoms with Crippen LogP contribution < -0.4 is 4.74 Å². The summed E-state index contributed by atoms with van der Waals surface area (Å²) in [5.74, 6) is 0.396. The number of hydrogen-bond donors (Lipinski definition) is 1. The minimum Gasteiger partial charge on any atom is -0.484 e. The van der Waals surface area contributed by atoms with E-state index in [0.29, 0.717) is 10.8 Å². The molecule has 2 aromatic carbocycles. The average molecular weight is 330 g/mol. The molecule has 0 unspecified atom stereocenters. The van der Waals surface area contributed by atoms with Crippen LogP contribution in [-0.2, 0) is 6.61 Å². The molecule has 1 aromatic heterocycles. The maximum Gasteiger partial charge on any atom is 0.268 e. The highest BCUT2D eigenvalue weighted by molar-refractivity contribution is 6.31. The molecule has 0 radical (unpaired) electrons. The van der Waals surface area contributed by atoms with Gasteiger partial charge in [-0.05, 0) is 36.8 Å². The van der Waals surface area contributed by atoms with Gasteiger partial charge in [0.05, 0.1) is 12.1 Å². The first-order valence-corrected chi connectivity index (χ1v) is 7.60. The van der Waals surface area contributed by atoms with Gasteiger partial charge in [0.25, 0.3) is 5.91 Å². The minimum atomic E-state index is -0.200. The first kappa shape index (κ1) is 15.6. The van der Waals surface area contributed by atoms with Crippen molar-refractivity contribution in [2.45, 2.75) is 13.5 Å².